The first-order chi connectivity index (χ1) is 18.3. The fourth-order valence-corrected chi connectivity index (χ4v) is 5.11. The number of hydrogen-bond donors (Lipinski definition) is 2. The lowest BCUT2D eigenvalue weighted by molar-refractivity contribution is -0.384. The van der Waals surface area contributed by atoms with Gasteiger partial charge in [-0.25, -0.2) is 5.43 Å². The molecule has 2 amide bonds. The average molecular weight is 644 g/mol. The maximum absolute atomic E-state index is 12.6. The first-order valence-corrected chi connectivity index (χ1v) is 13.2. The number of nitrogens with one attached hydrogen (secondary N) is 2. The summed E-state index contributed by atoms with van der Waals surface area (Å²) in [7, 11) is 0. The Hall–Kier alpha value is -4.04. The van der Waals surface area contributed by atoms with Crippen molar-refractivity contribution in [3.05, 3.63) is 90.9 Å². The highest BCUT2D eigenvalue weighted by Gasteiger charge is 2.15. The molecule has 10 nitrogen and oxygen atoms in total. The Labute approximate surface area is 234 Å². The van der Waals surface area contributed by atoms with E-state index in [1.807, 2.05) is 25.1 Å². The van der Waals surface area contributed by atoms with E-state index in [1.54, 1.807) is 36.4 Å². The number of para-hydroxylation sites is 1. The van der Waals surface area contributed by atoms with Crippen LogP contribution in [0.2, 0.25) is 0 Å². The number of hydrazone groups is 1. The van der Waals surface area contributed by atoms with E-state index in [4.69, 9.17) is 9.47 Å². The Morgan fingerprint density at radius 3 is 2.63 bits per heavy atom. The quantitative estimate of drug-likeness (QED) is 0.100. The standard InChI is InChI=1S/C26H21IN4O6S/c1-2-36-21-11-16(10-20(27)25(21)37-15-24(32)29-18-6-4-3-5-7-18)14-28-30-26(33)23-13-17-12-19(31(34)35)8-9-22(17)38-23/h3-14H,2,15H2,1H3,(H,29,32)(H,30,33)/b28-14-. The van der Waals surface area contributed by atoms with Crippen LogP contribution >= 0.6 is 33.9 Å². The molecule has 0 fully saturated rings. The summed E-state index contributed by atoms with van der Waals surface area (Å²) in [6, 6.07) is 18.6. The molecule has 0 aliphatic rings. The summed E-state index contributed by atoms with van der Waals surface area (Å²) in [6.45, 7) is 2.01. The molecule has 3 aromatic carbocycles. The second-order valence-electron chi connectivity index (χ2n) is 7.75. The zero-order chi connectivity index (χ0) is 27.1. The third kappa shape index (κ3) is 6.83. The van der Waals surface area contributed by atoms with E-state index in [2.05, 4.69) is 38.4 Å². The summed E-state index contributed by atoms with van der Waals surface area (Å²) in [6.07, 6.45) is 1.46. The Balaban J connectivity index is 1.42. The number of nitro groups is 1. The fraction of sp³-hybridized carbons (Fsp3) is 0.115. The molecular formula is C26H21IN4O6S. The maximum Gasteiger partial charge on any atom is 0.281 e. The van der Waals surface area contributed by atoms with E-state index >= 15 is 0 Å². The molecule has 4 aromatic rings. The molecule has 0 saturated carbocycles. The molecule has 0 atom stereocenters. The molecule has 0 bridgehead atoms. The van der Waals surface area contributed by atoms with Gasteiger partial charge in [-0.3, -0.25) is 19.7 Å². The van der Waals surface area contributed by atoms with Crippen LogP contribution < -0.4 is 20.2 Å². The van der Waals surface area contributed by atoms with Gasteiger partial charge in [0.25, 0.3) is 17.5 Å². The van der Waals surface area contributed by atoms with E-state index in [0.29, 0.717) is 43.2 Å². The van der Waals surface area contributed by atoms with Gasteiger partial charge in [0.15, 0.2) is 18.1 Å². The third-order valence-electron chi connectivity index (χ3n) is 5.05. The van der Waals surface area contributed by atoms with Gasteiger partial charge >= 0.3 is 0 Å². The molecule has 2 N–H and O–H groups in total. The molecule has 0 aliphatic heterocycles. The van der Waals surface area contributed by atoms with Crippen molar-refractivity contribution >= 4 is 73.4 Å². The van der Waals surface area contributed by atoms with Gasteiger partial charge in [0.1, 0.15) is 0 Å². The zero-order valence-electron chi connectivity index (χ0n) is 20.0. The summed E-state index contributed by atoms with van der Waals surface area (Å²) in [5.41, 5.74) is 3.75. The average Bonchev–Trinajstić information content (AvgIpc) is 3.33. The highest BCUT2D eigenvalue weighted by atomic mass is 127. The molecule has 1 heterocycles. The van der Waals surface area contributed by atoms with Gasteiger partial charge in [-0.05, 0) is 71.5 Å². The van der Waals surface area contributed by atoms with Crippen molar-refractivity contribution in [3.63, 3.8) is 0 Å². The van der Waals surface area contributed by atoms with Crippen LogP contribution in [0.15, 0.2) is 71.8 Å². The number of thiophene rings is 1. The normalized spacial score (nSPS) is 10.9. The van der Waals surface area contributed by atoms with E-state index < -0.39 is 10.8 Å². The van der Waals surface area contributed by atoms with Crippen molar-refractivity contribution in [2.75, 3.05) is 18.5 Å². The third-order valence-corrected chi connectivity index (χ3v) is 6.97. The highest BCUT2D eigenvalue weighted by molar-refractivity contribution is 14.1. The number of non-ortho nitro benzene ring substituents is 1. The minimum Gasteiger partial charge on any atom is -0.490 e. The summed E-state index contributed by atoms with van der Waals surface area (Å²) >= 11 is 3.29. The molecule has 0 spiro atoms. The topological polar surface area (TPSA) is 132 Å². The summed E-state index contributed by atoms with van der Waals surface area (Å²) < 4.78 is 12.9. The SMILES string of the molecule is CCOc1cc(/C=N\NC(=O)c2cc3cc([N+](=O)[O-])ccc3s2)cc(I)c1OCC(=O)Nc1ccccc1. The Morgan fingerprint density at radius 1 is 1.11 bits per heavy atom. The zero-order valence-corrected chi connectivity index (χ0v) is 22.9. The molecular weight excluding hydrogens is 623 g/mol. The second kappa shape index (κ2) is 12.5. The van der Waals surface area contributed by atoms with Crippen LogP contribution in [0.4, 0.5) is 11.4 Å². The van der Waals surface area contributed by atoms with Crippen LogP contribution in [0, 0.1) is 13.7 Å². The first kappa shape index (κ1) is 27.0. The van der Waals surface area contributed by atoms with Crippen molar-refractivity contribution in [2.24, 2.45) is 5.10 Å². The van der Waals surface area contributed by atoms with Gasteiger partial charge in [0.05, 0.1) is 26.2 Å². The van der Waals surface area contributed by atoms with Gasteiger partial charge in [-0.1, -0.05) is 18.2 Å². The Morgan fingerprint density at radius 2 is 1.89 bits per heavy atom. The maximum atomic E-state index is 12.6. The van der Waals surface area contributed by atoms with Crippen LogP contribution in [0.3, 0.4) is 0 Å². The number of ether oxygens (including phenoxy) is 2. The molecule has 0 radical (unpaired) electrons. The van der Waals surface area contributed by atoms with E-state index in [9.17, 15) is 19.7 Å². The van der Waals surface area contributed by atoms with E-state index in [-0.39, 0.29) is 18.2 Å². The molecule has 38 heavy (non-hydrogen) atoms. The molecule has 1 aromatic heterocycles. The van der Waals surface area contributed by atoms with E-state index in [1.165, 1.54) is 29.7 Å². The number of carbonyl (C=O) groups is 2. The molecule has 194 valence electrons. The number of amides is 2. The number of rotatable bonds is 10. The van der Waals surface area contributed by atoms with Crippen molar-refractivity contribution in [1.29, 1.82) is 0 Å². The van der Waals surface area contributed by atoms with Crippen molar-refractivity contribution in [1.82, 2.24) is 5.43 Å². The van der Waals surface area contributed by atoms with Crippen LogP contribution in [0.5, 0.6) is 11.5 Å². The van der Waals surface area contributed by atoms with Gasteiger partial charge in [-0.15, -0.1) is 11.3 Å². The van der Waals surface area contributed by atoms with Gasteiger partial charge in [-0.2, -0.15) is 5.10 Å². The number of benzene rings is 3. The number of carbonyl (C=O) groups excluding carboxylic acids is 2. The van der Waals surface area contributed by atoms with Gasteiger partial charge < -0.3 is 14.8 Å². The summed E-state index contributed by atoms with van der Waals surface area (Å²) in [5, 5.41) is 18.4. The predicted molar refractivity (Wildman–Crippen MR) is 154 cm³/mol. The molecule has 0 saturated heterocycles. The first-order valence-electron chi connectivity index (χ1n) is 11.3. The smallest absolute Gasteiger partial charge is 0.281 e. The minimum absolute atomic E-state index is 0.0377. The van der Waals surface area contributed by atoms with Crippen LogP contribution in [-0.2, 0) is 4.79 Å². The number of anilines is 1. The lowest BCUT2D eigenvalue weighted by Crippen LogP contribution is -2.20. The Bertz CT molecular complexity index is 1520. The van der Waals surface area contributed by atoms with Crippen LogP contribution in [0.25, 0.3) is 10.1 Å². The van der Waals surface area contributed by atoms with E-state index in [0.717, 1.165) is 4.70 Å². The molecule has 4 rings (SSSR count). The predicted octanol–water partition coefficient (Wildman–Crippen LogP) is 5.59. The van der Waals surface area contributed by atoms with Gasteiger partial charge in [0, 0.05) is 27.9 Å². The molecule has 12 heteroatoms. The van der Waals surface area contributed by atoms with Crippen molar-refractivity contribution in [2.45, 2.75) is 6.92 Å². The lowest BCUT2D eigenvalue weighted by atomic mass is 10.2. The number of hydrogen-bond acceptors (Lipinski definition) is 8. The van der Waals surface area contributed by atoms with Crippen molar-refractivity contribution in [3.8, 4) is 11.5 Å². The lowest BCUT2D eigenvalue weighted by Gasteiger charge is -2.14. The fourth-order valence-electron chi connectivity index (χ4n) is 3.40. The van der Waals surface area contributed by atoms with Crippen LogP contribution in [0.1, 0.15) is 22.2 Å². The Kier molecular flexibility index (Phi) is 8.86. The van der Waals surface area contributed by atoms with Crippen molar-refractivity contribution < 1.29 is 24.0 Å². The number of nitro benzene ring substituents is 1. The molecule has 0 unspecified atom stereocenters. The summed E-state index contributed by atoms with van der Waals surface area (Å²) in [5.74, 6) is 0.120. The number of halogens is 1. The monoisotopic (exact) mass is 644 g/mol. The number of nitrogens with zero attached hydrogens (tertiary/aromatic N) is 2. The van der Waals surface area contributed by atoms with Gasteiger partial charge in [0.2, 0.25) is 0 Å². The second-order valence-corrected chi connectivity index (χ2v) is 10.0. The minimum atomic E-state index is -0.477. The highest BCUT2D eigenvalue weighted by Crippen LogP contribution is 2.34. The largest absolute Gasteiger partial charge is 0.490 e. The van der Waals surface area contributed by atoms with Crippen LogP contribution in [-0.4, -0.2) is 36.2 Å². The number of fused-ring (bicyclic) bond motifs is 1. The summed E-state index contributed by atoms with van der Waals surface area (Å²) in [4.78, 5) is 35.7. The molecule has 0 aliphatic carbocycles.